The number of hydrogen-bond donors (Lipinski definition) is 2. The maximum atomic E-state index is 14.5. The average molecular weight is 547 g/mol. The fraction of sp³-hybridized carbons (Fsp3) is 0.296. The fourth-order valence-corrected chi connectivity index (χ4v) is 4.30. The van der Waals surface area contributed by atoms with Gasteiger partial charge in [-0.1, -0.05) is 31.9 Å². The van der Waals surface area contributed by atoms with E-state index in [2.05, 4.69) is 22.0 Å². The summed E-state index contributed by atoms with van der Waals surface area (Å²) < 4.78 is 45.0. The number of thiazole rings is 1. The number of anilines is 1. The molecule has 0 saturated heterocycles. The van der Waals surface area contributed by atoms with Gasteiger partial charge in [-0.05, 0) is 24.6 Å². The van der Waals surface area contributed by atoms with Crippen molar-refractivity contribution in [1.82, 2.24) is 4.98 Å². The number of aromatic nitrogens is 1. The number of rotatable bonds is 13. The lowest BCUT2D eigenvalue weighted by Crippen LogP contribution is -2.13. The number of carbonyl (C=O) groups excluding carboxylic acids is 1. The van der Waals surface area contributed by atoms with E-state index in [1.54, 1.807) is 12.5 Å². The highest BCUT2D eigenvalue weighted by Gasteiger charge is 2.19. The molecule has 1 heterocycles. The number of methoxy groups -OCH3 is 2. The van der Waals surface area contributed by atoms with E-state index in [4.69, 9.17) is 14.6 Å². The van der Waals surface area contributed by atoms with Crippen LogP contribution in [-0.4, -0.2) is 42.8 Å². The summed E-state index contributed by atoms with van der Waals surface area (Å²) in [6.45, 7) is 3.17. The number of amides is 1. The number of nitrogens with one attached hydrogen (secondary N) is 1. The van der Waals surface area contributed by atoms with Gasteiger partial charge in [0.15, 0.2) is 5.13 Å². The van der Waals surface area contributed by atoms with E-state index in [0.29, 0.717) is 36.3 Å². The van der Waals surface area contributed by atoms with Crippen LogP contribution in [0.3, 0.4) is 0 Å². The average Bonchev–Trinajstić information content (AvgIpc) is 3.35. The minimum Gasteiger partial charge on any atom is -0.496 e. The molecule has 202 valence electrons. The molecule has 0 fully saturated rings. The number of carboxylic acid groups (broad SMARTS) is 1. The number of para-hydroxylation sites is 1. The molecule has 0 atom stereocenters. The van der Waals surface area contributed by atoms with Crippen LogP contribution in [0.1, 0.15) is 47.7 Å². The van der Waals surface area contributed by atoms with Crippen LogP contribution in [0.5, 0.6) is 5.75 Å². The predicted octanol–water partition coefficient (Wildman–Crippen LogP) is 6.13. The van der Waals surface area contributed by atoms with Gasteiger partial charge >= 0.3 is 5.97 Å². The lowest BCUT2D eigenvalue weighted by molar-refractivity contribution is -0.135. The predicted molar refractivity (Wildman–Crippen MR) is 140 cm³/mol. The van der Waals surface area contributed by atoms with Crippen molar-refractivity contribution in [3.8, 4) is 17.0 Å². The van der Waals surface area contributed by atoms with Crippen LogP contribution in [-0.2, 0) is 20.9 Å². The number of hydrogen-bond acceptors (Lipinski definition) is 7. The van der Waals surface area contributed by atoms with Gasteiger partial charge in [-0.25, -0.2) is 18.6 Å². The van der Waals surface area contributed by atoms with Crippen molar-refractivity contribution >= 4 is 34.4 Å². The standard InChI is InChI=1S/C27H28F2N2O6S/c1-4-5-6-10-37-14-16-8-7-9-18(24(16)36-3)22-15-38-27(30-22)31-25(32)17-11-20(28)19(21(29)12-17)13-23(35-2)26(33)34/h7-9,11-13,15H,4-6,10,14H2,1-3H3,(H,33,34)(H,30,31,32). The van der Waals surface area contributed by atoms with Crippen LogP contribution < -0.4 is 10.1 Å². The molecule has 3 rings (SSSR count). The normalized spacial score (nSPS) is 11.3. The molecule has 2 N–H and O–H groups in total. The van der Waals surface area contributed by atoms with Gasteiger partial charge in [0, 0.05) is 40.3 Å². The van der Waals surface area contributed by atoms with Gasteiger partial charge in [0.25, 0.3) is 5.91 Å². The molecule has 0 aliphatic carbocycles. The monoisotopic (exact) mass is 546 g/mol. The van der Waals surface area contributed by atoms with Crippen molar-refractivity contribution in [2.75, 3.05) is 26.1 Å². The number of aliphatic carboxylic acids is 1. The summed E-state index contributed by atoms with van der Waals surface area (Å²) in [5.41, 5.74) is 1.18. The smallest absolute Gasteiger partial charge is 0.371 e. The number of nitrogens with zero attached hydrogens (tertiary/aromatic N) is 1. The summed E-state index contributed by atoms with van der Waals surface area (Å²) in [6, 6.07) is 7.22. The molecule has 8 nitrogen and oxygen atoms in total. The summed E-state index contributed by atoms with van der Waals surface area (Å²) in [5, 5.41) is 13.5. The third-order valence-corrected chi connectivity index (χ3v) is 6.26. The molecule has 38 heavy (non-hydrogen) atoms. The first-order valence-electron chi connectivity index (χ1n) is 11.8. The molecular formula is C27H28F2N2O6S. The van der Waals surface area contributed by atoms with E-state index in [-0.39, 0.29) is 10.7 Å². The number of benzene rings is 2. The van der Waals surface area contributed by atoms with Gasteiger partial charge in [0.1, 0.15) is 17.4 Å². The highest BCUT2D eigenvalue weighted by molar-refractivity contribution is 7.14. The van der Waals surface area contributed by atoms with Gasteiger partial charge in [-0.3, -0.25) is 10.1 Å². The Morgan fingerprint density at radius 1 is 1.16 bits per heavy atom. The third-order valence-electron chi connectivity index (χ3n) is 5.50. The van der Waals surface area contributed by atoms with E-state index < -0.39 is 34.8 Å². The van der Waals surface area contributed by atoms with E-state index in [1.165, 1.54) is 0 Å². The first-order chi connectivity index (χ1) is 18.3. The molecular weight excluding hydrogens is 518 g/mol. The minimum atomic E-state index is -1.49. The van der Waals surface area contributed by atoms with Crippen molar-refractivity contribution in [3.63, 3.8) is 0 Å². The summed E-state index contributed by atoms with van der Waals surface area (Å²) >= 11 is 1.14. The van der Waals surface area contributed by atoms with Crippen LogP contribution in [0.25, 0.3) is 17.3 Å². The lowest BCUT2D eigenvalue weighted by atomic mass is 10.1. The van der Waals surface area contributed by atoms with Crippen LogP contribution in [0.4, 0.5) is 13.9 Å². The first kappa shape index (κ1) is 28.7. The zero-order valence-corrected chi connectivity index (χ0v) is 22.0. The minimum absolute atomic E-state index is 0.214. The molecule has 0 spiro atoms. The summed E-state index contributed by atoms with van der Waals surface area (Å²) in [4.78, 5) is 28.2. The Morgan fingerprint density at radius 3 is 2.53 bits per heavy atom. The van der Waals surface area contributed by atoms with Crippen LogP contribution >= 0.6 is 11.3 Å². The molecule has 0 aliphatic heterocycles. The second-order valence-corrected chi connectivity index (χ2v) is 8.98. The zero-order chi connectivity index (χ0) is 27.7. The van der Waals surface area contributed by atoms with Crippen LogP contribution in [0.15, 0.2) is 41.5 Å². The molecule has 0 saturated carbocycles. The Hall–Kier alpha value is -3.83. The molecule has 0 aliphatic rings. The number of carboxylic acids is 1. The Kier molecular flexibility index (Phi) is 10.3. The maximum Gasteiger partial charge on any atom is 0.371 e. The number of carbonyl (C=O) groups is 2. The van der Waals surface area contributed by atoms with Crippen LogP contribution in [0, 0.1) is 11.6 Å². The van der Waals surface area contributed by atoms with Crippen molar-refractivity contribution in [2.24, 2.45) is 0 Å². The Labute approximate surface area is 222 Å². The van der Waals surface area contributed by atoms with E-state index >= 15 is 0 Å². The van der Waals surface area contributed by atoms with Crippen LogP contribution in [0.2, 0.25) is 0 Å². The van der Waals surface area contributed by atoms with E-state index in [1.807, 2.05) is 18.2 Å². The Morgan fingerprint density at radius 2 is 1.89 bits per heavy atom. The Bertz CT molecular complexity index is 1300. The molecule has 1 amide bonds. The molecule has 11 heteroatoms. The van der Waals surface area contributed by atoms with Gasteiger partial charge in [-0.2, -0.15) is 0 Å². The van der Waals surface area contributed by atoms with Crippen molar-refractivity contribution in [1.29, 1.82) is 0 Å². The highest BCUT2D eigenvalue weighted by atomic mass is 32.1. The number of ether oxygens (including phenoxy) is 3. The van der Waals surface area contributed by atoms with Crippen molar-refractivity contribution in [3.05, 3.63) is 69.8 Å². The van der Waals surface area contributed by atoms with Gasteiger partial charge in [0.2, 0.25) is 5.76 Å². The molecule has 1 aromatic heterocycles. The summed E-state index contributed by atoms with van der Waals surface area (Å²) in [6.07, 6.45) is 3.90. The topological polar surface area (TPSA) is 107 Å². The van der Waals surface area contributed by atoms with Gasteiger partial charge in [-0.15, -0.1) is 11.3 Å². The quantitative estimate of drug-likeness (QED) is 0.151. The summed E-state index contributed by atoms with van der Waals surface area (Å²) in [7, 11) is 2.62. The number of halogens is 2. The van der Waals surface area contributed by atoms with E-state index in [0.717, 1.165) is 55.4 Å². The van der Waals surface area contributed by atoms with Crippen molar-refractivity contribution in [2.45, 2.75) is 32.8 Å². The SMILES string of the molecule is CCCCCOCc1cccc(-c2csc(NC(=O)c3cc(F)c(C=C(OC)C(=O)O)c(F)c3)n2)c1OC. The molecule has 0 radical (unpaired) electrons. The molecule has 0 bridgehead atoms. The molecule has 0 unspecified atom stereocenters. The first-order valence-corrected chi connectivity index (χ1v) is 12.7. The second-order valence-electron chi connectivity index (χ2n) is 8.12. The molecule has 2 aromatic carbocycles. The molecule has 3 aromatic rings. The Balaban J connectivity index is 1.77. The van der Waals surface area contributed by atoms with Gasteiger partial charge < -0.3 is 19.3 Å². The van der Waals surface area contributed by atoms with Crippen molar-refractivity contribution < 1.29 is 37.7 Å². The lowest BCUT2D eigenvalue weighted by Gasteiger charge is -2.13. The fourth-order valence-electron chi connectivity index (χ4n) is 3.59. The largest absolute Gasteiger partial charge is 0.496 e. The zero-order valence-electron chi connectivity index (χ0n) is 21.2. The van der Waals surface area contributed by atoms with Gasteiger partial charge in [0.05, 0.1) is 26.5 Å². The second kappa shape index (κ2) is 13.6. The maximum absolute atomic E-state index is 14.5. The number of unbranched alkanes of at least 4 members (excludes halogenated alkanes) is 2. The third kappa shape index (κ3) is 7.14. The highest BCUT2D eigenvalue weighted by Crippen LogP contribution is 2.35. The van der Waals surface area contributed by atoms with E-state index in [9.17, 15) is 18.4 Å². The summed E-state index contributed by atoms with van der Waals surface area (Å²) in [5.74, 6) is -4.57.